The van der Waals surface area contributed by atoms with Gasteiger partial charge in [-0.05, 0) is 25.1 Å². The Morgan fingerprint density at radius 2 is 2.25 bits per heavy atom. The van der Waals surface area contributed by atoms with E-state index < -0.39 is 22.5 Å². The van der Waals surface area contributed by atoms with E-state index >= 15 is 0 Å². The van der Waals surface area contributed by atoms with Crippen molar-refractivity contribution in [2.75, 3.05) is 19.4 Å². The van der Waals surface area contributed by atoms with E-state index in [1.54, 1.807) is 13.2 Å². The van der Waals surface area contributed by atoms with E-state index in [2.05, 4.69) is 17.2 Å². The fourth-order valence-corrected chi connectivity index (χ4v) is 1.69. The van der Waals surface area contributed by atoms with Gasteiger partial charge in [-0.25, -0.2) is 4.39 Å². The molecule has 0 spiro atoms. The number of aliphatic hydroxyl groups is 1. The molecule has 1 amide bonds. The molecule has 0 fully saturated rings. The SMILES string of the molecule is CC(CNC(=O)c1ccc(C#CCO)cc1F)S(C)=O. The molecule has 0 bridgehead atoms. The predicted molar refractivity (Wildman–Crippen MR) is 76.2 cm³/mol. The third-order valence-corrected chi connectivity index (χ3v) is 3.94. The normalized spacial score (nSPS) is 13.0. The van der Waals surface area contributed by atoms with Gasteiger partial charge in [-0.2, -0.15) is 0 Å². The van der Waals surface area contributed by atoms with Crippen LogP contribution in [0.5, 0.6) is 0 Å². The van der Waals surface area contributed by atoms with Crippen LogP contribution in [0.4, 0.5) is 4.39 Å². The van der Waals surface area contributed by atoms with Crippen LogP contribution in [-0.4, -0.2) is 39.9 Å². The lowest BCUT2D eigenvalue weighted by Crippen LogP contribution is -2.33. The van der Waals surface area contributed by atoms with E-state index in [9.17, 15) is 13.4 Å². The number of carbonyl (C=O) groups is 1. The number of hydrogen-bond donors (Lipinski definition) is 2. The molecule has 0 aromatic heterocycles. The molecule has 1 aromatic rings. The lowest BCUT2D eigenvalue weighted by molar-refractivity contribution is 0.0950. The Balaban J connectivity index is 2.76. The number of aliphatic hydroxyl groups excluding tert-OH is 1. The number of halogens is 1. The molecule has 2 atom stereocenters. The van der Waals surface area contributed by atoms with Crippen LogP contribution >= 0.6 is 0 Å². The summed E-state index contributed by atoms with van der Waals surface area (Å²) in [6, 6.07) is 3.97. The summed E-state index contributed by atoms with van der Waals surface area (Å²) in [6.45, 7) is 1.64. The maximum absolute atomic E-state index is 13.8. The van der Waals surface area contributed by atoms with Crippen LogP contribution in [0, 0.1) is 17.7 Å². The van der Waals surface area contributed by atoms with Crippen LogP contribution in [-0.2, 0) is 10.8 Å². The Morgan fingerprint density at radius 1 is 1.55 bits per heavy atom. The predicted octanol–water partition coefficient (Wildman–Crippen LogP) is 0.666. The quantitative estimate of drug-likeness (QED) is 0.803. The number of benzene rings is 1. The fraction of sp³-hybridized carbons (Fsp3) is 0.357. The van der Waals surface area contributed by atoms with Crippen molar-refractivity contribution in [3.63, 3.8) is 0 Å². The molecule has 1 aromatic carbocycles. The molecule has 2 unspecified atom stereocenters. The van der Waals surface area contributed by atoms with Crippen LogP contribution in [0.3, 0.4) is 0 Å². The fourth-order valence-electron chi connectivity index (χ4n) is 1.37. The van der Waals surface area contributed by atoms with Gasteiger partial charge < -0.3 is 10.4 Å². The molecule has 2 N–H and O–H groups in total. The van der Waals surface area contributed by atoms with Gasteiger partial charge in [0.2, 0.25) is 0 Å². The first-order valence-corrected chi connectivity index (χ1v) is 7.57. The highest BCUT2D eigenvalue weighted by atomic mass is 32.2. The van der Waals surface area contributed by atoms with Crippen molar-refractivity contribution in [3.05, 3.63) is 35.1 Å². The molecule has 1 rings (SSSR count). The average molecular weight is 297 g/mol. The van der Waals surface area contributed by atoms with Crippen molar-refractivity contribution < 1.29 is 18.5 Å². The first kappa shape index (κ1) is 16.3. The van der Waals surface area contributed by atoms with Gasteiger partial charge in [-0.1, -0.05) is 11.8 Å². The Labute approximate surface area is 119 Å². The summed E-state index contributed by atoms with van der Waals surface area (Å²) in [7, 11) is -1.05. The highest BCUT2D eigenvalue weighted by Gasteiger charge is 2.14. The largest absolute Gasteiger partial charge is 0.384 e. The Hall–Kier alpha value is -1.71. The second-order valence-electron chi connectivity index (χ2n) is 4.17. The van der Waals surface area contributed by atoms with Crippen molar-refractivity contribution in [1.82, 2.24) is 5.32 Å². The molecule has 0 aliphatic heterocycles. The zero-order chi connectivity index (χ0) is 15.1. The molecular formula is C14H16FNO3S. The van der Waals surface area contributed by atoms with E-state index in [1.165, 1.54) is 12.1 Å². The lowest BCUT2D eigenvalue weighted by Gasteiger charge is -2.10. The molecule has 20 heavy (non-hydrogen) atoms. The molecule has 4 nitrogen and oxygen atoms in total. The monoisotopic (exact) mass is 297 g/mol. The maximum Gasteiger partial charge on any atom is 0.254 e. The maximum atomic E-state index is 13.8. The van der Waals surface area contributed by atoms with Crippen molar-refractivity contribution in [1.29, 1.82) is 0 Å². The van der Waals surface area contributed by atoms with Gasteiger partial charge in [0.1, 0.15) is 12.4 Å². The van der Waals surface area contributed by atoms with Crippen LogP contribution in [0.1, 0.15) is 22.8 Å². The van der Waals surface area contributed by atoms with Crippen molar-refractivity contribution >= 4 is 16.7 Å². The smallest absolute Gasteiger partial charge is 0.254 e. The van der Waals surface area contributed by atoms with E-state index in [0.717, 1.165) is 6.07 Å². The van der Waals surface area contributed by atoms with E-state index in [-0.39, 0.29) is 24.0 Å². The van der Waals surface area contributed by atoms with Crippen molar-refractivity contribution in [2.45, 2.75) is 12.2 Å². The zero-order valence-electron chi connectivity index (χ0n) is 11.3. The first-order valence-electron chi connectivity index (χ1n) is 5.95. The van der Waals surface area contributed by atoms with Gasteiger partial charge in [-0.3, -0.25) is 9.00 Å². The minimum absolute atomic E-state index is 0.0892. The standard InChI is InChI=1S/C14H16FNO3S/c1-10(20(2)19)9-16-14(18)12-6-5-11(4-3-7-17)8-13(12)15/h5-6,8,10,17H,7,9H2,1-2H3,(H,16,18). The molecule has 0 saturated heterocycles. The molecule has 0 aliphatic rings. The second-order valence-corrected chi connectivity index (χ2v) is 5.98. The Kier molecular flexibility index (Phi) is 6.36. The summed E-state index contributed by atoms with van der Waals surface area (Å²) in [5.74, 6) is 3.72. The van der Waals surface area contributed by atoms with Gasteiger partial charge in [0, 0.05) is 34.4 Å². The molecule has 0 aliphatic carbocycles. The number of nitrogens with one attached hydrogen (secondary N) is 1. The molecular weight excluding hydrogens is 281 g/mol. The summed E-state index contributed by atoms with van der Waals surface area (Å²) in [5.41, 5.74) is 0.296. The summed E-state index contributed by atoms with van der Waals surface area (Å²) < 4.78 is 24.9. The molecule has 0 heterocycles. The Bertz CT molecular complexity index is 578. The van der Waals surface area contributed by atoms with Crippen molar-refractivity contribution in [2.24, 2.45) is 0 Å². The van der Waals surface area contributed by atoms with Gasteiger partial charge in [0.05, 0.1) is 5.56 Å². The topological polar surface area (TPSA) is 66.4 Å². The van der Waals surface area contributed by atoms with Crippen LogP contribution < -0.4 is 5.32 Å². The molecule has 108 valence electrons. The number of carbonyl (C=O) groups excluding carboxylic acids is 1. The third-order valence-electron chi connectivity index (χ3n) is 2.64. The lowest BCUT2D eigenvalue weighted by atomic mass is 10.1. The van der Waals surface area contributed by atoms with Crippen LogP contribution in [0.2, 0.25) is 0 Å². The van der Waals surface area contributed by atoms with Crippen LogP contribution in [0.15, 0.2) is 18.2 Å². The highest BCUT2D eigenvalue weighted by Crippen LogP contribution is 2.10. The summed E-state index contributed by atoms with van der Waals surface area (Å²) in [4.78, 5) is 11.8. The minimum atomic E-state index is -1.05. The number of rotatable bonds is 4. The summed E-state index contributed by atoms with van der Waals surface area (Å²) in [5, 5.41) is 10.9. The molecule has 0 saturated carbocycles. The summed E-state index contributed by atoms with van der Waals surface area (Å²) in [6.07, 6.45) is 1.55. The van der Waals surface area contributed by atoms with Gasteiger partial charge in [0.25, 0.3) is 5.91 Å². The third kappa shape index (κ3) is 4.76. The highest BCUT2D eigenvalue weighted by molar-refractivity contribution is 7.84. The zero-order valence-corrected chi connectivity index (χ0v) is 12.1. The molecule has 0 radical (unpaired) electrons. The van der Waals surface area contributed by atoms with Crippen LogP contribution in [0.25, 0.3) is 0 Å². The Morgan fingerprint density at radius 3 is 2.80 bits per heavy atom. The van der Waals surface area contributed by atoms with Gasteiger partial charge >= 0.3 is 0 Å². The molecule has 6 heteroatoms. The number of amides is 1. The van der Waals surface area contributed by atoms with Crippen molar-refractivity contribution in [3.8, 4) is 11.8 Å². The minimum Gasteiger partial charge on any atom is -0.384 e. The first-order chi connectivity index (χ1) is 9.45. The van der Waals surface area contributed by atoms with Gasteiger partial charge in [-0.15, -0.1) is 0 Å². The summed E-state index contributed by atoms with van der Waals surface area (Å²) >= 11 is 0. The average Bonchev–Trinajstić information content (AvgIpc) is 2.42. The van der Waals surface area contributed by atoms with Gasteiger partial charge in [0.15, 0.2) is 0 Å². The van der Waals surface area contributed by atoms with E-state index in [1.807, 2.05) is 0 Å². The second kappa shape index (κ2) is 7.78. The van der Waals surface area contributed by atoms with E-state index in [0.29, 0.717) is 5.56 Å². The van der Waals surface area contributed by atoms with E-state index in [4.69, 9.17) is 5.11 Å². The number of hydrogen-bond acceptors (Lipinski definition) is 3.